The number of benzene rings is 1. The minimum Gasteiger partial charge on any atom is -0.298 e. The molecule has 0 N–H and O–H groups in total. The van der Waals surface area contributed by atoms with Crippen molar-refractivity contribution < 1.29 is 0 Å². The molecule has 1 aromatic heterocycles. The van der Waals surface area contributed by atoms with Gasteiger partial charge in [0, 0.05) is 24.8 Å². The molecular weight excluding hydrogens is 244 g/mol. The Morgan fingerprint density at radius 3 is 2.50 bits per heavy atom. The third-order valence-electron chi connectivity index (χ3n) is 2.85. The second-order valence-corrected chi connectivity index (χ2v) is 4.97. The van der Waals surface area contributed by atoms with Crippen LogP contribution in [0, 0.1) is 6.92 Å². The fourth-order valence-electron chi connectivity index (χ4n) is 1.89. The molecule has 2 aromatic rings. The monoisotopic (exact) mass is 260 g/mol. The van der Waals surface area contributed by atoms with Crippen LogP contribution in [0.3, 0.4) is 0 Å². The van der Waals surface area contributed by atoms with Crippen LogP contribution >= 0.6 is 11.6 Å². The molecule has 0 bridgehead atoms. The van der Waals surface area contributed by atoms with E-state index in [1.54, 1.807) is 6.20 Å². The fourth-order valence-corrected chi connectivity index (χ4v) is 2.07. The van der Waals surface area contributed by atoms with Gasteiger partial charge in [0.2, 0.25) is 0 Å². The summed E-state index contributed by atoms with van der Waals surface area (Å²) in [6.07, 6.45) is 1.71. The zero-order chi connectivity index (χ0) is 13.0. The summed E-state index contributed by atoms with van der Waals surface area (Å²) in [5.41, 5.74) is 3.66. The Balaban J connectivity index is 1.99. The van der Waals surface area contributed by atoms with Crippen molar-refractivity contribution in [3.63, 3.8) is 0 Å². The molecule has 0 aliphatic carbocycles. The number of nitrogens with zero attached hydrogens (tertiary/aromatic N) is 2. The Hall–Kier alpha value is -1.38. The average Bonchev–Trinajstić information content (AvgIpc) is 2.35. The predicted octanol–water partition coefficient (Wildman–Crippen LogP) is 3.68. The Kier molecular flexibility index (Phi) is 4.34. The lowest BCUT2D eigenvalue weighted by molar-refractivity contribution is 0.319. The molecule has 0 saturated carbocycles. The lowest BCUT2D eigenvalue weighted by atomic mass is 10.1. The summed E-state index contributed by atoms with van der Waals surface area (Å²) in [7, 11) is 2.09. The third kappa shape index (κ3) is 3.56. The van der Waals surface area contributed by atoms with Crippen LogP contribution in [0.25, 0.3) is 0 Å². The van der Waals surface area contributed by atoms with E-state index in [9.17, 15) is 0 Å². The predicted molar refractivity (Wildman–Crippen MR) is 75.6 cm³/mol. The summed E-state index contributed by atoms with van der Waals surface area (Å²) in [6, 6.07) is 12.5. The van der Waals surface area contributed by atoms with E-state index in [0.717, 1.165) is 18.7 Å². The molecule has 18 heavy (non-hydrogen) atoms. The number of aromatic nitrogens is 1. The zero-order valence-corrected chi connectivity index (χ0v) is 11.5. The second-order valence-electron chi connectivity index (χ2n) is 4.61. The molecule has 0 radical (unpaired) electrons. The quantitative estimate of drug-likeness (QED) is 0.780. The maximum atomic E-state index is 6.05. The van der Waals surface area contributed by atoms with Gasteiger partial charge in [-0.15, -0.1) is 0 Å². The lowest BCUT2D eigenvalue weighted by Gasteiger charge is -2.17. The fraction of sp³-hybridized carbons (Fsp3) is 0.267. The van der Waals surface area contributed by atoms with E-state index < -0.39 is 0 Å². The molecule has 0 aliphatic rings. The highest BCUT2D eigenvalue weighted by molar-refractivity contribution is 6.30. The van der Waals surface area contributed by atoms with Crippen molar-refractivity contribution in [1.29, 1.82) is 0 Å². The largest absolute Gasteiger partial charge is 0.298 e. The van der Waals surface area contributed by atoms with Crippen molar-refractivity contribution in [3.05, 3.63) is 64.4 Å². The molecule has 0 amide bonds. The van der Waals surface area contributed by atoms with Crippen LogP contribution in [0.1, 0.15) is 16.7 Å². The van der Waals surface area contributed by atoms with Crippen molar-refractivity contribution in [2.24, 2.45) is 0 Å². The summed E-state index contributed by atoms with van der Waals surface area (Å²) < 4.78 is 0. The van der Waals surface area contributed by atoms with Gasteiger partial charge in [-0.05, 0) is 25.6 Å². The molecule has 2 rings (SSSR count). The van der Waals surface area contributed by atoms with E-state index >= 15 is 0 Å². The highest BCUT2D eigenvalue weighted by atomic mass is 35.5. The molecule has 0 unspecified atom stereocenters. The van der Waals surface area contributed by atoms with E-state index in [2.05, 4.69) is 48.1 Å². The van der Waals surface area contributed by atoms with Crippen LogP contribution in [-0.2, 0) is 13.1 Å². The Labute approximate surface area is 113 Å². The Morgan fingerprint density at radius 1 is 1.11 bits per heavy atom. The van der Waals surface area contributed by atoms with Crippen molar-refractivity contribution in [3.8, 4) is 0 Å². The van der Waals surface area contributed by atoms with Gasteiger partial charge in [0.15, 0.2) is 0 Å². The van der Waals surface area contributed by atoms with Gasteiger partial charge in [0.05, 0.1) is 0 Å². The number of halogens is 1. The molecule has 94 valence electrons. The highest BCUT2D eigenvalue weighted by Gasteiger charge is 2.05. The first-order chi connectivity index (χ1) is 8.65. The number of hydrogen-bond donors (Lipinski definition) is 0. The standard InChI is InChI=1S/C15H17ClN2/c1-12-5-7-13(8-6-12)10-18(2)11-14-4-3-9-17-15(14)16/h3-9H,10-11H2,1-2H3. The molecule has 0 atom stereocenters. The molecule has 1 aromatic carbocycles. The van der Waals surface area contributed by atoms with Crippen LogP contribution in [0.5, 0.6) is 0 Å². The summed E-state index contributed by atoms with van der Waals surface area (Å²) in [5, 5.41) is 0.591. The van der Waals surface area contributed by atoms with Gasteiger partial charge in [-0.2, -0.15) is 0 Å². The number of aryl methyl sites for hydroxylation is 1. The van der Waals surface area contributed by atoms with Gasteiger partial charge in [0.25, 0.3) is 0 Å². The first kappa shape index (κ1) is 13.1. The van der Waals surface area contributed by atoms with Gasteiger partial charge in [0.1, 0.15) is 5.15 Å². The summed E-state index contributed by atoms with van der Waals surface area (Å²) in [4.78, 5) is 6.32. The summed E-state index contributed by atoms with van der Waals surface area (Å²) in [6.45, 7) is 3.81. The van der Waals surface area contributed by atoms with Crippen LogP contribution in [0.2, 0.25) is 5.15 Å². The van der Waals surface area contributed by atoms with Crippen molar-refractivity contribution >= 4 is 11.6 Å². The molecule has 0 spiro atoms. The highest BCUT2D eigenvalue weighted by Crippen LogP contribution is 2.15. The van der Waals surface area contributed by atoms with Crippen LogP contribution in [-0.4, -0.2) is 16.9 Å². The molecule has 0 fully saturated rings. The molecule has 3 heteroatoms. The third-order valence-corrected chi connectivity index (χ3v) is 3.19. The maximum absolute atomic E-state index is 6.05. The first-order valence-electron chi connectivity index (χ1n) is 5.98. The van der Waals surface area contributed by atoms with Gasteiger partial charge < -0.3 is 0 Å². The molecule has 2 nitrogen and oxygen atoms in total. The minimum absolute atomic E-state index is 0.591. The summed E-state index contributed by atoms with van der Waals surface area (Å²) in [5.74, 6) is 0. The average molecular weight is 261 g/mol. The van der Waals surface area contributed by atoms with Gasteiger partial charge in [-0.25, -0.2) is 4.98 Å². The van der Waals surface area contributed by atoms with E-state index in [4.69, 9.17) is 11.6 Å². The number of rotatable bonds is 4. The van der Waals surface area contributed by atoms with Gasteiger partial charge in [-0.3, -0.25) is 4.90 Å². The minimum atomic E-state index is 0.591. The molecule has 0 aliphatic heterocycles. The number of hydrogen-bond acceptors (Lipinski definition) is 2. The summed E-state index contributed by atoms with van der Waals surface area (Å²) >= 11 is 6.05. The van der Waals surface area contributed by atoms with Gasteiger partial charge >= 0.3 is 0 Å². The SMILES string of the molecule is Cc1ccc(CN(C)Cc2cccnc2Cl)cc1. The van der Waals surface area contributed by atoms with E-state index in [1.165, 1.54) is 11.1 Å². The molecule has 0 saturated heterocycles. The Bertz CT molecular complexity index is 508. The van der Waals surface area contributed by atoms with Crippen LogP contribution in [0.15, 0.2) is 42.6 Å². The second kappa shape index (κ2) is 5.98. The molecular formula is C15H17ClN2. The smallest absolute Gasteiger partial charge is 0.133 e. The van der Waals surface area contributed by atoms with Gasteiger partial charge in [-0.1, -0.05) is 47.5 Å². The van der Waals surface area contributed by atoms with E-state index in [-0.39, 0.29) is 0 Å². The number of pyridine rings is 1. The van der Waals surface area contributed by atoms with E-state index in [0.29, 0.717) is 5.15 Å². The van der Waals surface area contributed by atoms with Crippen molar-refractivity contribution in [1.82, 2.24) is 9.88 Å². The van der Waals surface area contributed by atoms with Crippen LogP contribution < -0.4 is 0 Å². The Morgan fingerprint density at radius 2 is 1.83 bits per heavy atom. The first-order valence-corrected chi connectivity index (χ1v) is 6.36. The van der Waals surface area contributed by atoms with Crippen molar-refractivity contribution in [2.75, 3.05) is 7.05 Å². The normalized spacial score (nSPS) is 10.9. The molecule has 1 heterocycles. The maximum Gasteiger partial charge on any atom is 0.133 e. The lowest BCUT2D eigenvalue weighted by Crippen LogP contribution is -2.17. The van der Waals surface area contributed by atoms with Crippen LogP contribution in [0.4, 0.5) is 0 Å². The topological polar surface area (TPSA) is 16.1 Å². The zero-order valence-electron chi connectivity index (χ0n) is 10.7. The van der Waals surface area contributed by atoms with Crippen molar-refractivity contribution in [2.45, 2.75) is 20.0 Å². The van der Waals surface area contributed by atoms with E-state index in [1.807, 2.05) is 12.1 Å².